The third-order valence-electron chi connectivity index (χ3n) is 5.06. The third-order valence-corrected chi connectivity index (χ3v) is 5.06. The normalized spacial score (nSPS) is 16.0. The second kappa shape index (κ2) is 6.76. The number of fused-ring (bicyclic) bond motifs is 2. The first-order chi connectivity index (χ1) is 12.2. The Hall–Kier alpha value is -2.53. The Morgan fingerprint density at radius 1 is 1.08 bits per heavy atom. The van der Waals surface area contributed by atoms with Gasteiger partial charge in [0.05, 0.1) is 7.11 Å². The van der Waals surface area contributed by atoms with Gasteiger partial charge in [0.2, 0.25) is 0 Å². The maximum atomic E-state index is 12.7. The first kappa shape index (κ1) is 16.0. The Kier molecular flexibility index (Phi) is 4.32. The average molecular weight is 337 g/mol. The zero-order chi connectivity index (χ0) is 17.2. The number of amides is 2. The highest BCUT2D eigenvalue weighted by molar-refractivity contribution is 5.89. The minimum absolute atomic E-state index is 0.0443. The number of methoxy groups -OCH3 is 1. The topological polar surface area (TPSA) is 53.6 Å². The summed E-state index contributed by atoms with van der Waals surface area (Å²) >= 11 is 0. The molecule has 5 nitrogen and oxygen atoms in total. The van der Waals surface area contributed by atoms with Crippen LogP contribution in [0.2, 0.25) is 0 Å². The van der Waals surface area contributed by atoms with Gasteiger partial charge in [0.25, 0.3) is 0 Å². The molecule has 0 atom stereocenters. The molecule has 2 aliphatic rings. The van der Waals surface area contributed by atoms with Crippen molar-refractivity contribution < 1.29 is 9.53 Å². The van der Waals surface area contributed by atoms with Crippen LogP contribution in [0.4, 0.5) is 10.5 Å². The van der Waals surface area contributed by atoms with Crippen molar-refractivity contribution in [3.05, 3.63) is 58.7 Å². The molecule has 4 rings (SSSR count). The number of carbonyl (C=O) groups excluding carboxylic acids is 1. The number of ether oxygens (including phenoxy) is 1. The molecule has 0 aliphatic carbocycles. The summed E-state index contributed by atoms with van der Waals surface area (Å²) in [6.45, 7) is 3.24. The molecule has 0 unspecified atom stereocenters. The van der Waals surface area contributed by atoms with Crippen molar-refractivity contribution in [1.29, 1.82) is 0 Å². The van der Waals surface area contributed by atoms with Gasteiger partial charge in [-0.05, 0) is 65.9 Å². The van der Waals surface area contributed by atoms with Crippen molar-refractivity contribution in [2.75, 3.05) is 25.5 Å². The van der Waals surface area contributed by atoms with Crippen molar-refractivity contribution in [3.8, 4) is 5.75 Å². The van der Waals surface area contributed by atoms with E-state index in [9.17, 15) is 4.79 Å². The maximum Gasteiger partial charge on any atom is 0.322 e. The quantitative estimate of drug-likeness (QED) is 0.886. The number of nitrogens with zero attached hydrogens (tertiary/aromatic N) is 1. The van der Waals surface area contributed by atoms with Crippen LogP contribution in [0.3, 0.4) is 0 Å². The van der Waals surface area contributed by atoms with E-state index in [1.807, 2.05) is 23.1 Å². The van der Waals surface area contributed by atoms with E-state index in [0.29, 0.717) is 6.54 Å². The monoisotopic (exact) mass is 337 g/mol. The van der Waals surface area contributed by atoms with E-state index in [0.717, 1.165) is 49.5 Å². The number of benzene rings is 2. The average Bonchev–Trinajstić information content (AvgIpc) is 2.67. The molecule has 0 bridgehead atoms. The summed E-state index contributed by atoms with van der Waals surface area (Å²) in [6.07, 6.45) is 1.93. The van der Waals surface area contributed by atoms with Crippen molar-refractivity contribution in [3.63, 3.8) is 0 Å². The maximum absolute atomic E-state index is 12.7. The molecule has 2 amide bonds. The number of carbonyl (C=O) groups is 1. The smallest absolute Gasteiger partial charge is 0.322 e. The van der Waals surface area contributed by atoms with Crippen LogP contribution >= 0.6 is 0 Å². The minimum Gasteiger partial charge on any atom is -0.497 e. The van der Waals surface area contributed by atoms with E-state index in [2.05, 4.69) is 28.8 Å². The van der Waals surface area contributed by atoms with Crippen LogP contribution in [0.25, 0.3) is 0 Å². The summed E-state index contributed by atoms with van der Waals surface area (Å²) < 4.78 is 5.30. The van der Waals surface area contributed by atoms with Gasteiger partial charge >= 0.3 is 6.03 Å². The summed E-state index contributed by atoms with van der Waals surface area (Å²) in [6, 6.07) is 12.3. The van der Waals surface area contributed by atoms with Gasteiger partial charge in [-0.15, -0.1) is 0 Å². The summed E-state index contributed by atoms with van der Waals surface area (Å²) in [5.74, 6) is 0.836. The Labute approximate surface area is 148 Å². The highest BCUT2D eigenvalue weighted by atomic mass is 16.5. The third kappa shape index (κ3) is 3.33. The van der Waals surface area contributed by atoms with Crippen LogP contribution in [-0.4, -0.2) is 31.1 Å². The van der Waals surface area contributed by atoms with Crippen molar-refractivity contribution in [2.45, 2.75) is 25.9 Å². The van der Waals surface area contributed by atoms with Gasteiger partial charge in [-0.3, -0.25) is 0 Å². The van der Waals surface area contributed by atoms with Gasteiger partial charge in [-0.2, -0.15) is 0 Å². The summed E-state index contributed by atoms with van der Waals surface area (Å²) in [7, 11) is 1.67. The second-order valence-electron chi connectivity index (χ2n) is 6.65. The standard InChI is InChI=1S/C20H23N3O2/c1-25-19-5-3-15-7-9-23(13-17(15)11-19)20(24)22-18-4-2-14-6-8-21-12-16(14)10-18/h2-5,10-11,21H,6-9,12-13H2,1H3,(H,22,24). The van der Waals surface area contributed by atoms with Gasteiger partial charge < -0.3 is 20.3 Å². The number of nitrogens with one attached hydrogen (secondary N) is 2. The molecule has 2 N–H and O–H groups in total. The number of anilines is 1. The molecule has 5 heteroatoms. The lowest BCUT2D eigenvalue weighted by Crippen LogP contribution is -2.38. The molecular weight excluding hydrogens is 314 g/mol. The fourth-order valence-electron chi connectivity index (χ4n) is 3.59. The van der Waals surface area contributed by atoms with Crippen LogP contribution in [0.15, 0.2) is 36.4 Å². The van der Waals surface area contributed by atoms with Gasteiger partial charge in [0.15, 0.2) is 0 Å². The largest absolute Gasteiger partial charge is 0.497 e. The Bertz CT molecular complexity index is 804. The molecule has 2 aromatic carbocycles. The van der Waals surface area contributed by atoms with Crippen LogP contribution in [0.5, 0.6) is 5.75 Å². The molecule has 130 valence electrons. The molecule has 0 saturated carbocycles. The van der Waals surface area contributed by atoms with Crippen LogP contribution in [-0.2, 0) is 25.9 Å². The Balaban J connectivity index is 1.46. The van der Waals surface area contributed by atoms with Gasteiger partial charge in [0.1, 0.15) is 5.75 Å². The van der Waals surface area contributed by atoms with E-state index < -0.39 is 0 Å². The van der Waals surface area contributed by atoms with Crippen LogP contribution in [0, 0.1) is 0 Å². The molecule has 0 fully saturated rings. The molecule has 2 heterocycles. The van der Waals surface area contributed by atoms with E-state index >= 15 is 0 Å². The molecule has 0 spiro atoms. The van der Waals surface area contributed by atoms with Crippen LogP contribution in [0.1, 0.15) is 22.3 Å². The highest BCUT2D eigenvalue weighted by Crippen LogP contribution is 2.25. The molecule has 0 radical (unpaired) electrons. The first-order valence-electron chi connectivity index (χ1n) is 8.77. The van der Waals surface area contributed by atoms with Gasteiger partial charge in [-0.25, -0.2) is 4.79 Å². The fourth-order valence-corrected chi connectivity index (χ4v) is 3.59. The van der Waals surface area contributed by atoms with Crippen LogP contribution < -0.4 is 15.4 Å². The predicted octanol–water partition coefficient (Wildman–Crippen LogP) is 2.93. The zero-order valence-electron chi connectivity index (χ0n) is 14.5. The molecular formula is C20H23N3O2. The summed E-state index contributed by atoms with van der Waals surface area (Å²) in [5.41, 5.74) is 5.97. The lowest BCUT2D eigenvalue weighted by atomic mass is 9.99. The summed E-state index contributed by atoms with van der Waals surface area (Å²) in [5, 5.41) is 6.42. The SMILES string of the molecule is COc1ccc2c(c1)CN(C(=O)Nc1ccc3c(c1)CNCC3)CC2. The van der Waals surface area contributed by atoms with E-state index in [1.54, 1.807) is 7.11 Å². The van der Waals surface area contributed by atoms with E-state index in [4.69, 9.17) is 4.74 Å². The van der Waals surface area contributed by atoms with Crippen molar-refractivity contribution in [2.24, 2.45) is 0 Å². The number of hydrogen-bond donors (Lipinski definition) is 2. The lowest BCUT2D eigenvalue weighted by molar-refractivity contribution is 0.206. The first-order valence-corrected chi connectivity index (χ1v) is 8.77. The molecule has 2 aromatic rings. The lowest BCUT2D eigenvalue weighted by Gasteiger charge is -2.29. The summed E-state index contributed by atoms with van der Waals surface area (Å²) in [4.78, 5) is 14.5. The number of rotatable bonds is 2. The second-order valence-corrected chi connectivity index (χ2v) is 6.65. The van der Waals surface area contributed by atoms with E-state index in [-0.39, 0.29) is 6.03 Å². The fraction of sp³-hybridized carbons (Fsp3) is 0.350. The van der Waals surface area contributed by atoms with Gasteiger partial charge in [-0.1, -0.05) is 12.1 Å². The van der Waals surface area contributed by atoms with Crippen molar-refractivity contribution in [1.82, 2.24) is 10.2 Å². The van der Waals surface area contributed by atoms with Crippen molar-refractivity contribution >= 4 is 11.7 Å². The number of urea groups is 1. The molecule has 2 aliphatic heterocycles. The number of hydrogen-bond acceptors (Lipinski definition) is 3. The zero-order valence-corrected chi connectivity index (χ0v) is 14.5. The molecule has 25 heavy (non-hydrogen) atoms. The molecule has 0 saturated heterocycles. The molecule has 0 aromatic heterocycles. The van der Waals surface area contributed by atoms with Gasteiger partial charge in [0, 0.05) is 25.3 Å². The minimum atomic E-state index is -0.0443. The predicted molar refractivity (Wildman–Crippen MR) is 98.0 cm³/mol. The van der Waals surface area contributed by atoms with E-state index in [1.165, 1.54) is 16.7 Å². The Morgan fingerprint density at radius 2 is 1.92 bits per heavy atom. The highest BCUT2D eigenvalue weighted by Gasteiger charge is 2.21. The Morgan fingerprint density at radius 3 is 2.80 bits per heavy atom.